The van der Waals surface area contributed by atoms with Gasteiger partial charge in [-0.15, -0.1) is 0 Å². The molecule has 1 saturated carbocycles. The Morgan fingerprint density at radius 3 is 2.45 bits per heavy atom. The highest BCUT2D eigenvalue weighted by Gasteiger charge is 2.32. The van der Waals surface area contributed by atoms with Crippen LogP contribution in [0.4, 0.5) is 0 Å². The van der Waals surface area contributed by atoms with Crippen molar-refractivity contribution in [3.8, 4) is 0 Å². The second-order valence-corrected chi connectivity index (χ2v) is 6.13. The van der Waals surface area contributed by atoms with E-state index in [1.165, 1.54) is 12.8 Å². The summed E-state index contributed by atoms with van der Waals surface area (Å²) in [5.41, 5.74) is 1.65. The van der Waals surface area contributed by atoms with Crippen molar-refractivity contribution in [3.05, 3.63) is 11.6 Å². The van der Waals surface area contributed by atoms with Crippen molar-refractivity contribution < 1.29 is 14.2 Å². The number of allylic oxidation sites excluding steroid dienone is 1. The van der Waals surface area contributed by atoms with Crippen LogP contribution in [0, 0.1) is 11.8 Å². The smallest absolute Gasteiger partial charge is 0.160 e. The number of unbranched alkanes of at least 4 members (excludes halogenated alkanes) is 1. The van der Waals surface area contributed by atoms with Gasteiger partial charge in [0.05, 0.1) is 13.2 Å². The van der Waals surface area contributed by atoms with Gasteiger partial charge in [0.25, 0.3) is 0 Å². The molecule has 3 nitrogen and oxygen atoms in total. The van der Waals surface area contributed by atoms with Gasteiger partial charge in [0.15, 0.2) is 6.29 Å². The van der Waals surface area contributed by atoms with Gasteiger partial charge in [-0.25, -0.2) is 0 Å². The Labute approximate surface area is 127 Å². The highest BCUT2D eigenvalue weighted by molar-refractivity contribution is 6.25. The second-order valence-electron chi connectivity index (χ2n) is 5.87. The Morgan fingerprint density at radius 1 is 1.15 bits per heavy atom. The molecule has 2 fully saturated rings. The van der Waals surface area contributed by atoms with Crippen molar-refractivity contribution in [2.45, 2.75) is 57.8 Å². The molecule has 0 aromatic carbocycles. The monoisotopic (exact) mass is 302 g/mol. The summed E-state index contributed by atoms with van der Waals surface area (Å²) in [6.07, 6.45) is 9.18. The number of halogens is 1. The predicted octanol–water partition coefficient (Wildman–Crippen LogP) is 4.10. The summed E-state index contributed by atoms with van der Waals surface area (Å²) in [4.78, 5) is 0. The molecule has 1 aliphatic heterocycles. The minimum atomic E-state index is -0.0260. The van der Waals surface area contributed by atoms with Crippen LogP contribution in [0.3, 0.4) is 0 Å². The Morgan fingerprint density at radius 2 is 1.85 bits per heavy atom. The fourth-order valence-electron chi connectivity index (χ4n) is 2.98. The third-order valence-corrected chi connectivity index (χ3v) is 4.44. The summed E-state index contributed by atoms with van der Waals surface area (Å²) in [5, 5.41) is 0. The summed E-state index contributed by atoms with van der Waals surface area (Å²) in [7, 11) is 0. The van der Waals surface area contributed by atoms with E-state index >= 15 is 0 Å². The molecule has 2 rings (SSSR count). The molecule has 0 aromatic heterocycles. The Balaban J connectivity index is 1.64. The van der Waals surface area contributed by atoms with E-state index in [0.29, 0.717) is 25.0 Å². The molecule has 0 amide bonds. The van der Waals surface area contributed by atoms with Crippen LogP contribution >= 0.6 is 11.6 Å². The molecule has 0 unspecified atom stereocenters. The fraction of sp³-hybridized carbons (Fsp3) is 0.875. The van der Waals surface area contributed by atoms with Crippen molar-refractivity contribution >= 4 is 11.6 Å². The summed E-state index contributed by atoms with van der Waals surface area (Å²) in [5.74, 6) is 1.17. The van der Waals surface area contributed by atoms with Gasteiger partial charge < -0.3 is 14.2 Å². The zero-order valence-corrected chi connectivity index (χ0v) is 13.2. The molecular formula is C16H27ClO3. The van der Waals surface area contributed by atoms with Crippen molar-refractivity contribution in [1.82, 2.24) is 0 Å². The minimum Gasteiger partial charge on any atom is -0.373 e. The quantitative estimate of drug-likeness (QED) is 0.691. The zero-order chi connectivity index (χ0) is 14.2. The largest absolute Gasteiger partial charge is 0.373 e. The maximum absolute atomic E-state index is 5.86. The molecule has 0 bridgehead atoms. The van der Waals surface area contributed by atoms with Crippen molar-refractivity contribution in [2.75, 3.05) is 19.8 Å². The first-order valence-corrected chi connectivity index (χ1v) is 8.38. The lowest BCUT2D eigenvalue weighted by molar-refractivity contribution is -0.249. The molecule has 4 heteroatoms. The summed E-state index contributed by atoms with van der Waals surface area (Å²) < 4.78 is 17.5. The molecule has 116 valence electrons. The lowest BCUT2D eigenvalue weighted by Gasteiger charge is -2.37. The number of ether oxygens (including phenoxy) is 3. The fourth-order valence-corrected chi connectivity index (χ4v) is 3.18. The van der Waals surface area contributed by atoms with Crippen molar-refractivity contribution in [2.24, 2.45) is 11.8 Å². The summed E-state index contributed by atoms with van der Waals surface area (Å²) in [6, 6.07) is 0. The lowest BCUT2D eigenvalue weighted by Crippen LogP contribution is -2.42. The first-order valence-electron chi connectivity index (χ1n) is 7.95. The van der Waals surface area contributed by atoms with Crippen LogP contribution in [0.5, 0.6) is 0 Å². The molecule has 1 aliphatic carbocycles. The van der Waals surface area contributed by atoms with Crippen LogP contribution in [-0.2, 0) is 14.2 Å². The lowest BCUT2D eigenvalue weighted by atomic mass is 9.81. The van der Waals surface area contributed by atoms with Crippen molar-refractivity contribution in [1.29, 1.82) is 0 Å². The van der Waals surface area contributed by atoms with Gasteiger partial charge in [0.1, 0.15) is 6.10 Å². The van der Waals surface area contributed by atoms with Crippen LogP contribution < -0.4 is 0 Å². The molecule has 1 heterocycles. The molecule has 0 atom stereocenters. The Bertz CT molecular complexity index is 279. The van der Waals surface area contributed by atoms with E-state index in [1.807, 2.05) is 0 Å². The molecule has 20 heavy (non-hydrogen) atoms. The standard InChI is InChI=1S/C16H27ClO3/c1-2-3-10-18-15-11-19-16(20-12-15)14-6-4-13(5-7-14)8-9-17/h8-9,13-16H,2-7,10-12H2,1H3/b9-8+/t13-,14-,15-,16-. The van der Waals surface area contributed by atoms with Crippen LogP contribution in [0.25, 0.3) is 0 Å². The first-order chi connectivity index (χ1) is 9.83. The highest BCUT2D eigenvalue weighted by atomic mass is 35.5. The van der Waals surface area contributed by atoms with Crippen LogP contribution in [0.2, 0.25) is 0 Å². The third-order valence-electron chi connectivity index (χ3n) is 4.29. The maximum atomic E-state index is 5.86. The van der Waals surface area contributed by atoms with Gasteiger partial charge in [0.2, 0.25) is 0 Å². The molecule has 2 aliphatic rings. The Kier molecular flexibility index (Phi) is 7.36. The minimum absolute atomic E-state index is 0.0260. The van der Waals surface area contributed by atoms with Crippen LogP contribution in [0.1, 0.15) is 45.4 Å². The maximum Gasteiger partial charge on any atom is 0.160 e. The molecule has 0 aromatic rings. The van der Waals surface area contributed by atoms with Gasteiger partial charge >= 0.3 is 0 Å². The normalized spacial score (nSPS) is 35.5. The average Bonchev–Trinajstić information content (AvgIpc) is 2.49. The first kappa shape index (κ1) is 16.3. The average molecular weight is 303 g/mol. The van der Waals surface area contributed by atoms with Crippen LogP contribution in [-0.4, -0.2) is 32.2 Å². The van der Waals surface area contributed by atoms with E-state index in [1.54, 1.807) is 5.54 Å². The third kappa shape index (κ3) is 5.03. The van der Waals surface area contributed by atoms with E-state index < -0.39 is 0 Å². The van der Waals surface area contributed by atoms with E-state index in [9.17, 15) is 0 Å². The molecule has 0 N–H and O–H groups in total. The van der Waals surface area contributed by atoms with Crippen molar-refractivity contribution in [3.63, 3.8) is 0 Å². The molecule has 0 radical (unpaired) electrons. The molecular weight excluding hydrogens is 276 g/mol. The topological polar surface area (TPSA) is 27.7 Å². The number of hydrogen-bond donors (Lipinski definition) is 0. The van der Waals surface area contributed by atoms with E-state index in [2.05, 4.69) is 13.0 Å². The summed E-state index contributed by atoms with van der Waals surface area (Å²) in [6.45, 7) is 4.34. The number of rotatable bonds is 6. The van der Waals surface area contributed by atoms with Gasteiger partial charge in [0, 0.05) is 18.1 Å². The molecule has 0 spiro atoms. The Hall–Kier alpha value is -0.0900. The van der Waals surface area contributed by atoms with Gasteiger partial charge in [-0.05, 0) is 38.0 Å². The van der Waals surface area contributed by atoms with E-state index in [-0.39, 0.29) is 12.4 Å². The van der Waals surface area contributed by atoms with E-state index in [0.717, 1.165) is 32.3 Å². The van der Waals surface area contributed by atoms with Gasteiger partial charge in [-0.1, -0.05) is 31.0 Å². The van der Waals surface area contributed by atoms with Gasteiger partial charge in [-0.3, -0.25) is 0 Å². The second kappa shape index (κ2) is 9.04. The highest BCUT2D eigenvalue weighted by Crippen LogP contribution is 2.34. The predicted molar refractivity (Wildman–Crippen MR) is 80.8 cm³/mol. The SMILES string of the molecule is CCCCO[C@H]1CO[C@H]([C@H]2CC[C@H](/C=C/Cl)CC2)OC1. The summed E-state index contributed by atoms with van der Waals surface area (Å²) >= 11 is 5.64. The van der Waals surface area contributed by atoms with Gasteiger partial charge in [-0.2, -0.15) is 0 Å². The van der Waals surface area contributed by atoms with Crippen LogP contribution in [0.15, 0.2) is 11.6 Å². The zero-order valence-electron chi connectivity index (χ0n) is 12.4. The van der Waals surface area contributed by atoms with E-state index in [4.69, 9.17) is 25.8 Å². The molecule has 1 saturated heterocycles. The number of hydrogen-bond acceptors (Lipinski definition) is 3.